The number of urea groups is 1. The molecule has 0 bridgehead atoms. The quantitative estimate of drug-likeness (QED) is 0.258. The number of carbonyl (C=O) groups excluding carboxylic acids is 2. The van der Waals surface area contributed by atoms with E-state index in [4.69, 9.17) is 21.7 Å². The van der Waals surface area contributed by atoms with E-state index in [0.29, 0.717) is 17.9 Å². The molecule has 0 aromatic heterocycles. The largest absolute Gasteiger partial charge is 0.497 e. The van der Waals surface area contributed by atoms with Crippen LogP contribution in [0.15, 0.2) is 24.3 Å². The average molecular weight is 423 g/mol. The molecule has 29 heavy (non-hydrogen) atoms. The molecule has 1 aromatic rings. The number of rotatable bonds is 7. The highest BCUT2D eigenvalue weighted by Gasteiger charge is 2.49. The Morgan fingerprint density at radius 3 is 2.66 bits per heavy atom. The zero-order valence-electron chi connectivity index (χ0n) is 16.7. The first-order chi connectivity index (χ1) is 13.9. The van der Waals surface area contributed by atoms with Gasteiger partial charge in [-0.2, -0.15) is 5.01 Å². The second-order valence-corrected chi connectivity index (χ2v) is 7.67. The maximum Gasteiger partial charge on any atom is 0.344 e. The third-order valence-corrected chi connectivity index (χ3v) is 5.50. The number of hydrogen-bond donors (Lipinski definition) is 4. The van der Waals surface area contributed by atoms with Crippen molar-refractivity contribution in [3.8, 4) is 5.75 Å². The summed E-state index contributed by atoms with van der Waals surface area (Å²) in [6.07, 6.45) is 0.931. The van der Waals surface area contributed by atoms with Crippen molar-refractivity contribution in [1.29, 1.82) is 0 Å². The molecule has 9 nitrogen and oxygen atoms in total. The van der Waals surface area contributed by atoms with Gasteiger partial charge in [-0.3, -0.25) is 10.2 Å². The third kappa shape index (κ3) is 4.95. The highest BCUT2D eigenvalue weighted by molar-refractivity contribution is 7.80. The van der Waals surface area contributed by atoms with Crippen LogP contribution in [0.4, 0.5) is 4.79 Å². The van der Waals surface area contributed by atoms with Gasteiger partial charge < -0.3 is 25.0 Å². The Morgan fingerprint density at radius 2 is 2.00 bits per heavy atom. The molecule has 2 aliphatic heterocycles. The third-order valence-electron chi connectivity index (χ3n) is 5.26. The van der Waals surface area contributed by atoms with Crippen molar-refractivity contribution in [2.24, 2.45) is 0 Å². The fraction of sp³-hybridized carbons (Fsp3) is 0.526. The van der Waals surface area contributed by atoms with Crippen molar-refractivity contribution in [3.05, 3.63) is 29.8 Å². The molecule has 3 amide bonds. The number of benzene rings is 1. The van der Waals surface area contributed by atoms with E-state index in [2.05, 4.69) is 16.1 Å². The summed E-state index contributed by atoms with van der Waals surface area (Å²) < 4.78 is 10.5. The van der Waals surface area contributed by atoms with E-state index >= 15 is 0 Å². The van der Waals surface area contributed by atoms with E-state index in [9.17, 15) is 9.59 Å². The molecule has 1 atom stereocenters. The van der Waals surface area contributed by atoms with E-state index in [-0.39, 0.29) is 5.11 Å². The molecule has 0 saturated carbocycles. The number of thiocarbonyl (C=S) groups is 1. The lowest BCUT2D eigenvalue weighted by Gasteiger charge is -2.24. The molecule has 0 unspecified atom stereocenters. The minimum atomic E-state index is -1.17. The number of methoxy groups -OCH3 is 1. The fourth-order valence-electron chi connectivity index (χ4n) is 3.45. The van der Waals surface area contributed by atoms with E-state index in [1.165, 1.54) is 4.90 Å². The summed E-state index contributed by atoms with van der Waals surface area (Å²) >= 11 is 5.25. The highest BCUT2D eigenvalue weighted by Crippen LogP contribution is 2.29. The van der Waals surface area contributed by atoms with Gasteiger partial charge in [0, 0.05) is 13.0 Å². The predicted molar refractivity (Wildman–Crippen MR) is 110 cm³/mol. The van der Waals surface area contributed by atoms with Crippen LogP contribution in [0.25, 0.3) is 0 Å². The first-order valence-corrected chi connectivity index (χ1v) is 10.1. The van der Waals surface area contributed by atoms with Crippen LogP contribution < -0.4 is 25.7 Å². The smallest absolute Gasteiger partial charge is 0.344 e. The lowest BCUT2D eigenvalue weighted by atomic mass is 9.92. The number of nitrogens with one attached hydrogen (secondary N) is 4. The first-order valence-electron chi connectivity index (χ1n) is 9.71. The van der Waals surface area contributed by atoms with Crippen LogP contribution in [-0.2, 0) is 15.1 Å². The second kappa shape index (κ2) is 9.38. The van der Waals surface area contributed by atoms with Gasteiger partial charge in [-0.15, -0.1) is 0 Å². The minimum absolute atomic E-state index is 0.240. The Morgan fingerprint density at radius 1 is 1.31 bits per heavy atom. The zero-order chi connectivity index (χ0) is 20.9. The van der Waals surface area contributed by atoms with Gasteiger partial charge in [0.15, 0.2) is 5.11 Å². The van der Waals surface area contributed by atoms with Crippen LogP contribution in [-0.4, -0.2) is 68.6 Å². The van der Waals surface area contributed by atoms with E-state index in [1.807, 2.05) is 0 Å². The summed E-state index contributed by atoms with van der Waals surface area (Å²) in [5, 5.41) is 6.95. The molecule has 2 saturated heterocycles. The SMILES string of the molecule is COc1ccc([C@@]2(C)NC(=O)N(NC(=S)NCCC[NH+]3CCOCC3)C2=O)cc1. The molecule has 10 heteroatoms. The van der Waals surface area contributed by atoms with Crippen molar-refractivity contribution in [1.82, 2.24) is 21.1 Å². The molecule has 4 N–H and O–H groups in total. The highest BCUT2D eigenvalue weighted by atomic mass is 32.1. The molecule has 0 radical (unpaired) electrons. The number of imide groups is 1. The van der Waals surface area contributed by atoms with Gasteiger partial charge in [0.2, 0.25) is 0 Å². The van der Waals surface area contributed by atoms with Crippen LogP contribution in [0.5, 0.6) is 5.75 Å². The van der Waals surface area contributed by atoms with E-state index in [0.717, 1.165) is 44.3 Å². The Labute approximate surface area is 175 Å². The minimum Gasteiger partial charge on any atom is -0.497 e. The molecule has 0 spiro atoms. The maximum absolute atomic E-state index is 12.9. The number of ether oxygens (including phenoxy) is 2. The zero-order valence-corrected chi connectivity index (χ0v) is 17.6. The van der Waals surface area contributed by atoms with Gasteiger partial charge in [-0.1, -0.05) is 12.1 Å². The number of morpholine rings is 1. The maximum atomic E-state index is 12.9. The van der Waals surface area contributed by atoms with Crippen molar-refractivity contribution < 1.29 is 24.0 Å². The van der Waals surface area contributed by atoms with Crippen molar-refractivity contribution >= 4 is 29.3 Å². The Bertz CT molecular complexity index is 753. The molecule has 2 heterocycles. The van der Waals surface area contributed by atoms with Crippen LogP contribution in [0.1, 0.15) is 18.9 Å². The summed E-state index contributed by atoms with van der Waals surface area (Å²) in [4.78, 5) is 26.8. The van der Waals surface area contributed by atoms with Crippen LogP contribution in [0.2, 0.25) is 0 Å². The predicted octanol–water partition coefficient (Wildman–Crippen LogP) is -0.853. The van der Waals surface area contributed by atoms with E-state index in [1.54, 1.807) is 38.3 Å². The fourth-order valence-corrected chi connectivity index (χ4v) is 3.65. The van der Waals surface area contributed by atoms with E-state index < -0.39 is 17.5 Å². The monoisotopic (exact) mass is 422 g/mol. The molecule has 3 rings (SSSR count). The number of nitrogens with zero attached hydrogens (tertiary/aromatic N) is 1. The first kappa shape index (κ1) is 21.3. The van der Waals surface area contributed by atoms with Crippen LogP contribution in [0, 0.1) is 0 Å². The number of hydrogen-bond acceptors (Lipinski definition) is 5. The molecular formula is C19H28N5O4S+. The topological polar surface area (TPSA) is 96.4 Å². The Balaban J connectivity index is 1.50. The number of amides is 3. The Kier molecular flexibility index (Phi) is 6.88. The van der Waals surface area contributed by atoms with Gasteiger partial charge in [-0.25, -0.2) is 4.79 Å². The van der Waals surface area contributed by atoms with Crippen LogP contribution >= 0.6 is 12.2 Å². The van der Waals surface area contributed by atoms with Gasteiger partial charge in [0.05, 0.1) is 26.9 Å². The molecular weight excluding hydrogens is 394 g/mol. The standard InChI is InChI=1S/C19H27N5O4S/c1-19(14-4-6-15(27-2)7-5-14)16(25)24(18(26)21-19)22-17(29)20-8-3-9-23-10-12-28-13-11-23/h4-7H,3,8-13H2,1-2H3,(H,21,26)(H2,20,22,29)/p+1/t19-/m1/s1. The lowest BCUT2D eigenvalue weighted by Crippen LogP contribution is -3.14. The molecule has 2 aliphatic rings. The van der Waals surface area contributed by atoms with Crippen molar-refractivity contribution in [2.75, 3.05) is 46.5 Å². The average Bonchev–Trinajstić information content (AvgIpc) is 2.96. The summed E-state index contributed by atoms with van der Waals surface area (Å²) in [5.41, 5.74) is 2.19. The molecule has 158 valence electrons. The Hall–Kier alpha value is -2.43. The second-order valence-electron chi connectivity index (χ2n) is 7.26. The van der Waals surface area contributed by atoms with Crippen molar-refractivity contribution in [3.63, 3.8) is 0 Å². The number of carbonyl (C=O) groups is 2. The number of hydrazine groups is 1. The molecule has 2 fully saturated rings. The molecule has 1 aromatic carbocycles. The summed E-state index contributed by atoms with van der Waals surface area (Å²) in [7, 11) is 1.57. The lowest BCUT2D eigenvalue weighted by molar-refractivity contribution is -0.908. The van der Waals surface area contributed by atoms with Gasteiger partial charge in [0.25, 0.3) is 5.91 Å². The summed E-state index contributed by atoms with van der Waals surface area (Å²) in [5.74, 6) is 0.253. The van der Waals surface area contributed by atoms with Crippen molar-refractivity contribution in [2.45, 2.75) is 18.9 Å². The normalized spacial score (nSPS) is 22.3. The number of quaternary nitrogens is 1. The molecule has 0 aliphatic carbocycles. The van der Waals surface area contributed by atoms with Gasteiger partial charge in [0.1, 0.15) is 24.4 Å². The van der Waals surface area contributed by atoms with Gasteiger partial charge in [-0.05, 0) is 36.8 Å². The van der Waals surface area contributed by atoms with Crippen LogP contribution in [0.3, 0.4) is 0 Å². The summed E-state index contributed by atoms with van der Waals surface area (Å²) in [6, 6.07) is 6.46. The van der Waals surface area contributed by atoms with Gasteiger partial charge >= 0.3 is 6.03 Å². The summed E-state index contributed by atoms with van der Waals surface area (Å²) in [6.45, 7) is 7.01.